The van der Waals surface area contributed by atoms with Crippen molar-refractivity contribution in [2.75, 3.05) is 6.54 Å². The van der Waals surface area contributed by atoms with E-state index in [2.05, 4.69) is 9.97 Å². The second-order valence-electron chi connectivity index (χ2n) is 4.46. The molecule has 0 aliphatic rings. The molecular weight excluding hydrogens is 226 g/mol. The maximum absolute atomic E-state index is 5.62. The molecule has 18 heavy (non-hydrogen) atoms. The first kappa shape index (κ1) is 12.6. The summed E-state index contributed by atoms with van der Waals surface area (Å²) in [4.78, 5) is 7.47. The minimum atomic E-state index is 0.189. The number of hydrogen-bond acceptors (Lipinski definition) is 3. The van der Waals surface area contributed by atoms with E-state index >= 15 is 0 Å². The van der Waals surface area contributed by atoms with E-state index in [4.69, 9.17) is 10.5 Å². The Hall–Kier alpha value is -1.81. The highest BCUT2D eigenvalue weighted by molar-refractivity contribution is 5.62. The zero-order valence-electron chi connectivity index (χ0n) is 10.8. The van der Waals surface area contributed by atoms with Crippen LogP contribution in [0, 0.1) is 0 Å². The number of ether oxygens (including phenoxy) is 1. The topological polar surface area (TPSA) is 63.9 Å². The lowest BCUT2D eigenvalue weighted by Gasteiger charge is -2.10. The monoisotopic (exact) mass is 245 g/mol. The molecule has 0 fully saturated rings. The van der Waals surface area contributed by atoms with Crippen molar-refractivity contribution in [1.82, 2.24) is 9.97 Å². The average Bonchev–Trinajstić information content (AvgIpc) is 2.78. The third-order valence-corrected chi connectivity index (χ3v) is 2.61. The van der Waals surface area contributed by atoms with E-state index in [1.807, 2.05) is 38.1 Å². The zero-order chi connectivity index (χ0) is 13.0. The summed E-state index contributed by atoms with van der Waals surface area (Å²) in [6.07, 6.45) is 2.70. The lowest BCUT2D eigenvalue weighted by atomic mass is 10.1. The first-order chi connectivity index (χ1) is 8.70. The van der Waals surface area contributed by atoms with Crippen LogP contribution < -0.4 is 10.5 Å². The molecule has 1 heterocycles. The molecule has 0 unspecified atom stereocenters. The van der Waals surface area contributed by atoms with Gasteiger partial charge in [-0.25, -0.2) is 4.98 Å². The Morgan fingerprint density at radius 3 is 2.61 bits per heavy atom. The first-order valence-corrected chi connectivity index (χ1v) is 6.20. The van der Waals surface area contributed by atoms with Gasteiger partial charge in [0.15, 0.2) is 0 Å². The number of nitrogens with zero attached hydrogens (tertiary/aromatic N) is 1. The Kier molecular flexibility index (Phi) is 3.99. The van der Waals surface area contributed by atoms with E-state index in [1.54, 1.807) is 6.33 Å². The molecule has 0 radical (unpaired) electrons. The number of aromatic amines is 1. The van der Waals surface area contributed by atoms with Crippen LogP contribution in [-0.2, 0) is 6.42 Å². The predicted octanol–water partition coefficient (Wildman–Crippen LogP) is 2.37. The molecule has 4 nitrogen and oxygen atoms in total. The molecule has 1 aromatic heterocycles. The summed E-state index contributed by atoms with van der Waals surface area (Å²) in [5.74, 6) is 0.879. The zero-order valence-corrected chi connectivity index (χ0v) is 10.8. The number of aromatic nitrogens is 2. The van der Waals surface area contributed by atoms with Crippen LogP contribution in [0.3, 0.4) is 0 Å². The largest absolute Gasteiger partial charge is 0.491 e. The summed E-state index contributed by atoms with van der Waals surface area (Å²) in [5, 5.41) is 0. The van der Waals surface area contributed by atoms with Gasteiger partial charge in [-0.2, -0.15) is 0 Å². The number of nitrogens with one attached hydrogen (secondary N) is 1. The molecule has 4 heteroatoms. The summed E-state index contributed by atoms with van der Waals surface area (Å²) in [7, 11) is 0. The highest BCUT2D eigenvalue weighted by atomic mass is 16.5. The van der Waals surface area contributed by atoms with Crippen LogP contribution in [0.4, 0.5) is 0 Å². The second kappa shape index (κ2) is 5.69. The van der Waals surface area contributed by atoms with Gasteiger partial charge in [0.05, 0.1) is 18.1 Å². The summed E-state index contributed by atoms with van der Waals surface area (Å²) >= 11 is 0. The van der Waals surface area contributed by atoms with Crippen molar-refractivity contribution < 1.29 is 4.74 Å². The van der Waals surface area contributed by atoms with Gasteiger partial charge in [-0.3, -0.25) is 0 Å². The minimum Gasteiger partial charge on any atom is -0.491 e. The van der Waals surface area contributed by atoms with Crippen LogP contribution in [0.5, 0.6) is 5.75 Å². The molecule has 0 bridgehead atoms. The number of benzene rings is 1. The number of nitrogens with two attached hydrogens (primary N) is 1. The van der Waals surface area contributed by atoms with E-state index in [0.29, 0.717) is 6.54 Å². The van der Waals surface area contributed by atoms with Crippen LogP contribution in [0.15, 0.2) is 30.6 Å². The van der Waals surface area contributed by atoms with Gasteiger partial charge in [0.25, 0.3) is 0 Å². The van der Waals surface area contributed by atoms with Gasteiger partial charge in [0.1, 0.15) is 5.75 Å². The molecule has 0 spiro atoms. The molecule has 3 N–H and O–H groups in total. The Balaban J connectivity index is 2.20. The van der Waals surface area contributed by atoms with Gasteiger partial charge in [0, 0.05) is 17.7 Å². The summed E-state index contributed by atoms with van der Waals surface area (Å²) in [6, 6.07) is 7.98. The third-order valence-electron chi connectivity index (χ3n) is 2.61. The molecule has 96 valence electrons. The summed E-state index contributed by atoms with van der Waals surface area (Å²) in [5.41, 5.74) is 8.71. The Morgan fingerprint density at radius 2 is 2.00 bits per heavy atom. The Bertz CT molecular complexity index is 488. The van der Waals surface area contributed by atoms with Crippen molar-refractivity contribution in [1.29, 1.82) is 0 Å². The fourth-order valence-corrected chi connectivity index (χ4v) is 1.87. The number of H-pyrrole nitrogens is 1. The molecule has 0 saturated carbocycles. The molecule has 2 aromatic rings. The predicted molar refractivity (Wildman–Crippen MR) is 72.5 cm³/mol. The Labute approximate surface area is 107 Å². The van der Waals surface area contributed by atoms with E-state index in [1.165, 1.54) is 0 Å². The van der Waals surface area contributed by atoms with Crippen LogP contribution in [0.25, 0.3) is 11.3 Å². The standard InChI is InChI=1S/C14H19N3O/c1-10(2)18-12-5-3-11(4-6-12)14-13(7-8-15)16-9-17-14/h3-6,9-10H,7-8,15H2,1-2H3,(H,16,17). The highest BCUT2D eigenvalue weighted by Gasteiger charge is 2.07. The maximum atomic E-state index is 5.62. The Morgan fingerprint density at radius 1 is 1.28 bits per heavy atom. The van der Waals surface area contributed by atoms with Crippen molar-refractivity contribution in [2.24, 2.45) is 5.73 Å². The normalized spacial score (nSPS) is 10.9. The molecule has 0 aliphatic carbocycles. The number of rotatable bonds is 5. The molecule has 0 atom stereocenters. The maximum Gasteiger partial charge on any atom is 0.119 e. The first-order valence-electron chi connectivity index (χ1n) is 6.20. The fourth-order valence-electron chi connectivity index (χ4n) is 1.87. The fraction of sp³-hybridized carbons (Fsp3) is 0.357. The number of imidazole rings is 1. The van der Waals surface area contributed by atoms with Gasteiger partial charge in [-0.1, -0.05) is 0 Å². The summed E-state index contributed by atoms with van der Waals surface area (Å²) in [6.45, 7) is 4.64. The van der Waals surface area contributed by atoms with Crippen LogP contribution >= 0.6 is 0 Å². The van der Waals surface area contributed by atoms with Crippen molar-refractivity contribution in [2.45, 2.75) is 26.4 Å². The van der Waals surface area contributed by atoms with Gasteiger partial charge >= 0.3 is 0 Å². The number of hydrogen-bond donors (Lipinski definition) is 2. The molecule has 2 rings (SSSR count). The molecule has 0 saturated heterocycles. The van der Waals surface area contributed by atoms with Gasteiger partial charge in [-0.05, 0) is 44.7 Å². The molecule has 0 amide bonds. The van der Waals surface area contributed by atoms with Crippen LogP contribution in [0.2, 0.25) is 0 Å². The van der Waals surface area contributed by atoms with E-state index < -0.39 is 0 Å². The quantitative estimate of drug-likeness (QED) is 0.850. The van der Waals surface area contributed by atoms with Crippen molar-refractivity contribution in [3.05, 3.63) is 36.3 Å². The van der Waals surface area contributed by atoms with Gasteiger partial charge in [0.2, 0.25) is 0 Å². The van der Waals surface area contributed by atoms with Crippen LogP contribution in [0.1, 0.15) is 19.5 Å². The lowest BCUT2D eigenvalue weighted by Crippen LogP contribution is -2.05. The van der Waals surface area contributed by atoms with E-state index in [-0.39, 0.29) is 6.10 Å². The van der Waals surface area contributed by atoms with Crippen molar-refractivity contribution in [3.63, 3.8) is 0 Å². The molecule has 1 aromatic carbocycles. The SMILES string of the molecule is CC(C)Oc1ccc(-c2nc[nH]c2CCN)cc1. The minimum absolute atomic E-state index is 0.189. The molecular formula is C14H19N3O. The van der Waals surface area contributed by atoms with Crippen LogP contribution in [-0.4, -0.2) is 22.6 Å². The lowest BCUT2D eigenvalue weighted by molar-refractivity contribution is 0.242. The molecule has 0 aliphatic heterocycles. The highest BCUT2D eigenvalue weighted by Crippen LogP contribution is 2.23. The summed E-state index contributed by atoms with van der Waals surface area (Å²) < 4.78 is 5.62. The van der Waals surface area contributed by atoms with E-state index in [9.17, 15) is 0 Å². The smallest absolute Gasteiger partial charge is 0.119 e. The van der Waals surface area contributed by atoms with Gasteiger partial charge in [-0.15, -0.1) is 0 Å². The average molecular weight is 245 g/mol. The third kappa shape index (κ3) is 2.90. The second-order valence-corrected chi connectivity index (χ2v) is 4.46. The van der Waals surface area contributed by atoms with Gasteiger partial charge < -0.3 is 15.5 Å². The van der Waals surface area contributed by atoms with E-state index in [0.717, 1.165) is 29.1 Å². The van der Waals surface area contributed by atoms with Crippen molar-refractivity contribution in [3.8, 4) is 17.0 Å². The van der Waals surface area contributed by atoms with Crippen molar-refractivity contribution >= 4 is 0 Å².